The fourth-order valence-electron chi connectivity index (χ4n) is 5.80. The molecule has 1 fully saturated rings. The van der Waals surface area contributed by atoms with Crippen molar-refractivity contribution in [3.8, 4) is 17.0 Å². The van der Waals surface area contributed by atoms with Gasteiger partial charge in [0, 0.05) is 48.4 Å². The van der Waals surface area contributed by atoms with Crippen molar-refractivity contribution in [1.29, 1.82) is 0 Å². The van der Waals surface area contributed by atoms with Gasteiger partial charge in [-0.15, -0.1) is 0 Å². The Morgan fingerprint density at radius 3 is 2.85 bits per heavy atom. The van der Waals surface area contributed by atoms with Gasteiger partial charge in [0.05, 0.1) is 17.7 Å². The molecule has 2 atom stereocenters. The number of carbonyl (C=O) groups is 1. The van der Waals surface area contributed by atoms with E-state index < -0.39 is 16.2 Å². The molecule has 0 spiro atoms. The molecule has 10 heteroatoms. The van der Waals surface area contributed by atoms with Gasteiger partial charge in [0.15, 0.2) is 0 Å². The molecule has 1 amide bonds. The summed E-state index contributed by atoms with van der Waals surface area (Å²) in [5.41, 5.74) is 4.24. The Morgan fingerprint density at radius 2 is 2.06 bits per heavy atom. The molecule has 34 heavy (non-hydrogen) atoms. The lowest BCUT2D eigenvalue weighted by atomic mass is 9.82. The van der Waals surface area contributed by atoms with Gasteiger partial charge in [-0.05, 0) is 55.0 Å². The maximum atomic E-state index is 13.6. The summed E-state index contributed by atoms with van der Waals surface area (Å²) in [6.45, 7) is 1.35. The molecular weight excluding hydrogens is 438 g/mol. The molecule has 3 aromatic rings. The van der Waals surface area contributed by atoms with Crippen LogP contribution in [0.15, 0.2) is 35.1 Å². The number of pyridine rings is 1. The van der Waals surface area contributed by atoms with Gasteiger partial charge in [-0.3, -0.25) is 24.8 Å². The summed E-state index contributed by atoms with van der Waals surface area (Å²) in [6, 6.07) is 8.86. The van der Waals surface area contributed by atoms with Gasteiger partial charge in [0.2, 0.25) is 0 Å². The monoisotopic (exact) mass is 461 g/mol. The van der Waals surface area contributed by atoms with Gasteiger partial charge < -0.3 is 14.2 Å². The van der Waals surface area contributed by atoms with Crippen LogP contribution in [0.1, 0.15) is 39.6 Å². The Morgan fingerprint density at radius 1 is 1.21 bits per heavy atom. The van der Waals surface area contributed by atoms with Gasteiger partial charge in [0.25, 0.3) is 5.91 Å². The van der Waals surface area contributed by atoms with Crippen molar-refractivity contribution < 1.29 is 14.5 Å². The number of nitrogens with zero attached hydrogens (tertiary/aromatic N) is 4. The zero-order valence-electron chi connectivity index (χ0n) is 18.6. The number of nitrogens with one attached hydrogen (secondary N) is 1. The molecular formula is C24H23N5O5. The van der Waals surface area contributed by atoms with Crippen molar-refractivity contribution in [2.75, 3.05) is 20.2 Å². The molecule has 1 N–H and O–H groups in total. The highest BCUT2D eigenvalue weighted by molar-refractivity contribution is 5.96. The first-order valence-electron chi connectivity index (χ1n) is 11.4. The third-order valence-corrected chi connectivity index (χ3v) is 7.36. The summed E-state index contributed by atoms with van der Waals surface area (Å²) in [4.78, 5) is 38.6. The highest BCUT2D eigenvalue weighted by atomic mass is 16.6. The van der Waals surface area contributed by atoms with Crippen LogP contribution in [0.4, 0.5) is 5.69 Å². The van der Waals surface area contributed by atoms with E-state index in [1.165, 1.54) is 10.6 Å². The quantitative estimate of drug-likeness (QED) is 0.472. The molecule has 1 saturated heterocycles. The van der Waals surface area contributed by atoms with Crippen molar-refractivity contribution >= 4 is 11.6 Å². The zero-order valence-corrected chi connectivity index (χ0v) is 18.6. The van der Waals surface area contributed by atoms with Crippen molar-refractivity contribution in [2.45, 2.75) is 31.7 Å². The maximum absolute atomic E-state index is 13.6. The average Bonchev–Trinajstić information content (AvgIpc) is 3.28. The molecule has 0 radical (unpaired) electrons. The van der Waals surface area contributed by atoms with Gasteiger partial charge in [-0.1, -0.05) is 0 Å². The van der Waals surface area contributed by atoms with Crippen molar-refractivity contribution in [2.24, 2.45) is 5.92 Å². The number of H-pyrrole nitrogens is 1. The number of hydrogen-bond acceptors (Lipinski definition) is 6. The number of aromatic amines is 1. The molecule has 1 aromatic carbocycles. The van der Waals surface area contributed by atoms with Crippen LogP contribution in [-0.4, -0.2) is 50.7 Å². The van der Waals surface area contributed by atoms with Crippen LogP contribution >= 0.6 is 0 Å². The van der Waals surface area contributed by atoms with Crippen molar-refractivity contribution in [3.63, 3.8) is 0 Å². The van der Waals surface area contributed by atoms with Crippen LogP contribution in [0.2, 0.25) is 0 Å². The van der Waals surface area contributed by atoms with E-state index in [1.807, 2.05) is 23.1 Å². The lowest BCUT2D eigenvalue weighted by Gasteiger charge is -2.42. The van der Waals surface area contributed by atoms with Gasteiger partial charge in [-0.25, -0.2) is 0 Å². The summed E-state index contributed by atoms with van der Waals surface area (Å²) in [5, 5.41) is 18.7. The number of carbonyl (C=O) groups excluding carboxylic acids is 1. The number of likely N-dealkylation sites (tertiary alicyclic amines) is 1. The predicted octanol–water partition coefficient (Wildman–Crippen LogP) is 2.51. The standard InChI is InChI=1S/C24H23N5O5/c1-34-16-3-5-17-14(9-16)2-4-18-21(17)25-26-22(18)24(31)27-10-13-8-15(12-27)19-6-7-20(29(32)33)23(30)28(19)11-13/h3,5-7,9,13,15H,2,4,8,10-12H2,1H3,(H,25,26). The second-order valence-corrected chi connectivity index (χ2v) is 9.27. The molecule has 2 aliphatic heterocycles. The average molecular weight is 461 g/mol. The number of aryl methyl sites for hydroxylation is 1. The largest absolute Gasteiger partial charge is 0.497 e. The Balaban J connectivity index is 1.29. The van der Waals surface area contributed by atoms with E-state index in [1.54, 1.807) is 13.2 Å². The number of fused-ring (bicyclic) bond motifs is 7. The van der Waals surface area contributed by atoms with Gasteiger partial charge in [-0.2, -0.15) is 5.10 Å². The summed E-state index contributed by atoms with van der Waals surface area (Å²) in [7, 11) is 1.64. The topological polar surface area (TPSA) is 123 Å². The minimum Gasteiger partial charge on any atom is -0.497 e. The van der Waals surface area contributed by atoms with Crippen LogP contribution in [-0.2, 0) is 19.4 Å². The van der Waals surface area contributed by atoms with Crippen LogP contribution < -0.4 is 10.3 Å². The Hall–Kier alpha value is -3.95. The number of amides is 1. The molecule has 10 nitrogen and oxygen atoms in total. The summed E-state index contributed by atoms with van der Waals surface area (Å²) >= 11 is 0. The number of aromatic nitrogens is 3. The van der Waals surface area contributed by atoms with E-state index in [0.717, 1.165) is 53.1 Å². The van der Waals surface area contributed by atoms with Crippen LogP contribution in [0.3, 0.4) is 0 Å². The molecule has 0 saturated carbocycles. The van der Waals surface area contributed by atoms with E-state index in [2.05, 4.69) is 10.2 Å². The molecule has 174 valence electrons. The van der Waals surface area contributed by atoms with Crippen LogP contribution in [0.25, 0.3) is 11.3 Å². The first-order valence-corrected chi connectivity index (χ1v) is 11.4. The molecule has 2 unspecified atom stereocenters. The predicted molar refractivity (Wildman–Crippen MR) is 122 cm³/mol. The van der Waals surface area contributed by atoms with Crippen molar-refractivity contribution in [3.05, 3.63) is 73.3 Å². The number of piperidine rings is 1. The van der Waals surface area contributed by atoms with E-state index in [9.17, 15) is 19.7 Å². The summed E-state index contributed by atoms with van der Waals surface area (Å²) in [6.07, 6.45) is 2.38. The second-order valence-electron chi connectivity index (χ2n) is 9.27. The number of benzene rings is 1. The summed E-state index contributed by atoms with van der Waals surface area (Å²) in [5.74, 6) is 0.760. The lowest BCUT2D eigenvalue weighted by molar-refractivity contribution is -0.386. The minimum absolute atomic E-state index is 0.0307. The Kier molecular flexibility index (Phi) is 4.58. The zero-order chi connectivity index (χ0) is 23.6. The molecule has 1 aliphatic carbocycles. The number of rotatable bonds is 3. The van der Waals surface area contributed by atoms with Gasteiger partial charge in [0.1, 0.15) is 11.4 Å². The lowest BCUT2D eigenvalue weighted by Crippen LogP contribution is -2.49. The SMILES string of the molecule is COc1ccc2c(c1)CCc1c-2n[nH]c1C(=O)N1CC2CC(C1)c1ccc([N+](=O)[O-])c(=O)n1C2. The number of ether oxygens (including phenoxy) is 1. The van der Waals surface area contributed by atoms with Crippen molar-refractivity contribution in [1.82, 2.24) is 19.7 Å². The number of methoxy groups -OCH3 is 1. The second kappa shape index (κ2) is 7.54. The van der Waals surface area contributed by atoms with E-state index in [0.29, 0.717) is 25.3 Å². The highest BCUT2D eigenvalue weighted by Gasteiger charge is 2.39. The fraction of sp³-hybridized carbons (Fsp3) is 0.375. The van der Waals surface area contributed by atoms with Crippen LogP contribution in [0.5, 0.6) is 5.75 Å². The third-order valence-electron chi connectivity index (χ3n) is 7.36. The normalized spacial score (nSPS) is 20.2. The molecule has 2 bridgehead atoms. The van der Waals surface area contributed by atoms with Crippen LogP contribution in [0, 0.1) is 16.0 Å². The highest BCUT2D eigenvalue weighted by Crippen LogP contribution is 2.38. The van der Waals surface area contributed by atoms with E-state index in [-0.39, 0.29) is 17.7 Å². The number of nitro groups is 1. The smallest absolute Gasteiger partial charge is 0.334 e. The first kappa shape index (κ1) is 20.6. The molecule has 2 aromatic heterocycles. The minimum atomic E-state index is -0.633. The number of hydrogen-bond donors (Lipinski definition) is 1. The Labute approximate surface area is 194 Å². The first-order chi connectivity index (χ1) is 16.4. The fourth-order valence-corrected chi connectivity index (χ4v) is 5.80. The Bertz CT molecular complexity index is 1410. The molecule has 4 heterocycles. The van der Waals surface area contributed by atoms with E-state index in [4.69, 9.17) is 4.74 Å². The van der Waals surface area contributed by atoms with E-state index >= 15 is 0 Å². The third kappa shape index (κ3) is 3.05. The maximum Gasteiger partial charge on any atom is 0.334 e. The molecule has 3 aliphatic rings. The molecule has 6 rings (SSSR count). The van der Waals surface area contributed by atoms with Gasteiger partial charge >= 0.3 is 11.2 Å². The summed E-state index contributed by atoms with van der Waals surface area (Å²) < 4.78 is 6.86.